The fourth-order valence-corrected chi connectivity index (χ4v) is 3.01. The highest BCUT2D eigenvalue weighted by molar-refractivity contribution is 5.85. The van der Waals surface area contributed by atoms with Gasteiger partial charge in [0.25, 0.3) is 0 Å². The molecule has 0 bridgehead atoms. The van der Waals surface area contributed by atoms with E-state index >= 15 is 0 Å². The highest BCUT2D eigenvalue weighted by atomic mass is 35.5. The second-order valence-corrected chi connectivity index (χ2v) is 6.42. The van der Waals surface area contributed by atoms with E-state index in [1.54, 1.807) is 0 Å². The molecule has 130 valence electrons. The number of rotatable bonds is 11. The standard InChI is InChI=1S/C20H32N2.ClH/c1-2-3-4-5-10-15-21-17-18-22(19-21)16-11-9-14-20-12-7-6-8-13-20;/h6-8,12-13,17-18H,2-5,9-11,14-16,19H2,1H3;1H. The van der Waals surface area contributed by atoms with E-state index in [1.165, 1.54) is 70.0 Å². The van der Waals surface area contributed by atoms with Crippen molar-refractivity contribution in [3.8, 4) is 0 Å². The zero-order valence-corrected chi connectivity index (χ0v) is 15.4. The molecule has 2 rings (SSSR count). The van der Waals surface area contributed by atoms with Gasteiger partial charge in [0.05, 0.1) is 6.67 Å². The molecule has 1 aliphatic rings. The lowest BCUT2D eigenvalue weighted by Gasteiger charge is -2.21. The van der Waals surface area contributed by atoms with Gasteiger partial charge in [0.15, 0.2) is 0 Å². The van der Waals surface area contributed by atoms with E-state index in [2.05, 4.69) is 59.5 Å². The zero-order chi connectivity index (χ0) is 15.5. The van der Waals surface area contributed by atoms with Crippen molar-refractivity contribution in [2.75, 3.05) is 19.8 Å². The van der Waals surface area contributed by atoms with Crippen LogP contribution >= 0.6 is 12.4 Å². The van der Waals surface area contributed by atoms with E-state index in [1.807, 2.05) is 0 Å². The predicted octanol–water partition coefficient (Wildman–Crippen LogP) is 5.45. The molecule has 0 aliphatic carbocycles. The lowest BCUT2D eigenvalue weighted by atomic mass is 10.1. The number of halogens is 1. The first-order chi connectivity index (χ1) is 10.9. The van der Waals surface area contributed by atoms with Crippen LogP contribution in [0.2, 0.25) is 0 Å². The van der Waals surface area contributed by atoms with Crippen LogP contribution in [0.3, 0.4) is 0 Å². The number of benzene rings is 1. The molecule has 0 amide bonds. The van der Waals surface area contributed by atoms with Crippen molar-refractivity contribution in [3.05, 3.63) is 48.3 Å². The van der Waals surface area contributed by atoms with E-state index in [4.69, 9.17) is 0 Å². The van der Waals surface area contributed by atoms with Crippen LogP contribution in [0.15, 0.2) is 42.7 Å². The van der Waals surface area contributed by atoms with Gasteiger partial charge in [0, 0.05) is 25.5 Å². The van der Waals surface area contributed by atoms with Crippen molar-refractivity contribution < 1.29 is 0 Å². The van der Waals surface area contributed by atoms with Crippen LogP contribution in [0, 0.1) is 0 Å². The third-order valence-corrected chi connectivity index (χ3v) is 4.40. The number of hydrogen-bond donors (Lipinski definition) is 0. The SMILES string of the molecule is CCCCCCCN1C=CN(CCCCc2ccccc2)C1.Cl. The van der Waals surface area contributed by atoms with Gasteiger partial charge in [0.1, 0.15) is 0 Å². The maximum absolute atomic E-state index is 2.46. The molecule has 0 unspecified atom stereocenters. The minimum atomic E-state index is 0. The molecule has 0 fully saturated rings. The van der Waals surface area contributed by atoms with Crippen molar-refractivity contribution in [2.45, 2.75) is 58.3 Å². The molecule has 0 saturated heterocycles. The summed E-state index contributed by atoms with van der Waals surface area (Å²) in [5, 5.41) is 0. The van der Waals surface area contributed by atoms with Crippen LogP contribution in [-0.2, 0) is 6.42 Å². The molecule has 2 nitrogen and oxygen atoms in total. The Morgan fingerprint density at radius 2 is 1.39 bits per heavy atom. The average Bonchev–Trinajstić information content (AvgIpc) is 3.00. The van der Waals surface area contributed by atoms with Crippen molar-refractivity contribution in [1.29, 1.82) is 0 Å². The molecule has 3 heteroatoms. The number of nitrogens with zero attached hydrogens (tertiary/aromatic N) is 2. The topological polar surface area (TPSA) is 6.48 Å². The second-order valence-electron chi connectivity index (χ2n) is 6.42. The molecule has 0 saturated carbocycles. The maximum atomic E-state index is 2.46. The molecular weight excluding hydrogens is 304 g/mol. The highest BCUT2D eigenvalue weighted by Crippen LogP contribution is 2.12. The van der Waals surface area contributed by atoms with Gasteiger partial charge in [-0.05, 0) is 31.2 Å². The fraction of sp³-hybridized carbons (Fsp3) is 0.600. The predicted molar refractivity (Wildman–Crippen MR) is 103 cm³/mol. The van der Waals surface area contributed by atoms with Gasteiger partial charge in [-0.25, -0.2) is 0 Å². The Kier molecular flexibility index (Phi) is 10.6. The second kappa shape index (κ2) is 12.3. The van der Waals surface area contributed by atoms with Gasteiger partial charge in [0.2, 0.25) is 0 Å². The normalized spacial score (nSPS) is 13.4. The van der Waals surface area contributed by atoms with Gasteiger partial charge >= 0.3 is 0 Å². The van der Waals surface area contributed by atoms with Gasteiger partial charge in [-0.1, -0.05) is 62.9 Å². The Labute approximate surface area is 149 Å². The van der Waals surface area contributed by atoms with E-state index in [0.29, 0.717) is 0 Å². The molecular formula is C20H33ClN2. The molecule has 1 aliphatic heterocycles. The van der Waals surface area contributed by atoms with Gasteiger partial charge in [-0.2, -0.15) is 0 Å². The summed E-state index contributed by atoms with van der Waals surface area (Å²) in [4.78, 5) is 4.92. The zero-order valence-electron chi connectivity index (χ0n) is 14.6. The van der Waals surface area contributed by atoms with E-state index < -0.39 is 0 Å². The largest absolute Gasteiger partial charge is 0.359 e. The van der Waals surface area contributed by atoms with Crippen molar-refractivity contribution in [3.63, 3.8) is 0 Å². The molecule has 0 atom stereocenters. The first kappa shape index (κ1) is 19.9. The molecule has 0 aromatic heterocycles. The molecule has 0 radical (unpaired) electrons. The molecule has 1 aromatic rings. The molecule has 1 heterocycles. The summed E-state index contributed by atoms with van der Waals surface area (Å²) in [5.41, 5.74) is 1.47. The van der Waals surface area contributed by atoms with Crippen molar-refractivity contribution in [1.82, 2.24) is 9.80 Å². The highest BCUT2D eigenvalue weighted by Gasteiger charge is 2.10. The Balaban J connectivity index is 0.00000264. The van der Waals surface area contributed by atoms with Crippen LogP contribution in [-0.4, -0.2) is 29.6 Å². The van der Waals surface area contributed by atoms with Crippen molar-refractivity contribution >= 4 is 12.4 Å². The monoisotopic (exact) mass is 336 g/mol. The quantitative estimate of drug-likeness (QED) is 0.496. The molecule has 1 aromatic carbocycles. The molecule has 0 N–H and O–H groups in total. The Hall–Kier alpha value is -1.15. The van der Waals surface area contributed by atoms with Crippen LogP contribution in [0.5, 0.6) is 0 Å². The summed E-state index contributed by atoms with van der Waals surface area (Å²) in [6.07, 6.45) is 15.2. The fourth-order valence-electron chi connectivity index (χ4n) is 3.01. The summed E-state index contributed by atoms with van der Waals surface area (Å²) in [5.74, 6) is 0. The Morgan fingerprint density at radius 1 is 0.783 bits per heavy atom. The minimum absolute atomic E-state index is 0. The summed E-state index contributed by atoms with van der Waals surface area (Å²) in [6.45, 7) is 5.79. The first-order valence-corrected chi connectivity index (χ1v) is 9.09. The van der Waals surface area contributed by atoms with Gasteiger partial charge < -0.3 is 9.80 Å². The Bertz CT molecular complexity index is 419. The molecule has 0 spiro atoms. The Morgan fingerprint density at radius 3 is 2.04 bits per heavy atom. The first-order valence-electron chi connectivity index (χ1n) is 9.09. The summed E-state index contributed by atoms with van der Waals surface area (Å²) in [6, 6.07) is 10.8. The lowest BCUT2D eigenvalue weighted by Crippen LogP contribution is -2.26. The number of aryl methyl sites for hydroxylation is 1. The number of unbranched alkanes of at least 4 members (excludes halogenated alkanes) is 5. The minimum Gasteiger partial charge on any atom is -0.359 e. The van der Waals surface area contributed by atoms with E-state index in [-0.39, 0.29) is 12.4 Å². The van der Waals surface area contributed by atoms with Crippen molar-refractivity contribution in [2.24, 2.45) is 0 Å². The number of hydrogen-bond acceptors (Lipinski definition) is 2. The third-order valence-electron chi connectivity index (χ3n) is 4.40. The van der Waals surface area contributed by atoms with Crippen LogP contribution in [0.4, 0.5) is 0 Å². The third kappa shape index (κ3) is 8.31. The summed E-state index contributed by atoms with van der Waals surface area (Å²) < 4.78 is 0. The van der Waals surface area contributed by atoms with E-state index in [0.717, 1.165) is 6.67 Å². The van der Waals surface area contributed by atoms with E-state index in [9.17, 15) is 0 Å². The average molecular weight is 337 g/mol. The summed E-state index contributed by atoms with van der Waals surface area (Å²) in [7, 11) is 0. The van der Waals surface area contributed by atoms with Crippen LogP contribution < -0.4 is 0 Å². The summed E-state index contributed by atoms with van der Waals surface area (Å²) >= 11 is 0. The molecule has 23 heavy (non-hydrogen) atoms. The lowest BCUT2D eigenvalue weighted by molar-refractivity contribution is 0.258. The smallest absolute Gasteiger partial charge is 0.0893 e. The van der Waals surface area contributed by atoms with Crippen LogP contribution in [0.25, 0.3) is 0 Å². The van der Waals surface area contributed by atoms with Crippen LogP contribution in [0.1, 0.15) is 57.4 Å². The van der Waals surface area contributed by atoms with Gasteiger partial charge in [-0.15, -0.1) is 12.4 Å². The maximum Gasteiger partial charge on any atom is 0.0893 e. The van der Waals surface area contributed by atoms with Gasteiger partial charge in [-0.3, -0.25) is 0 Å².